The lowest BCUT2D eigenvalue weighted by Gasteiger charge is -2.14. The minimum Gasteiger partial charge on any atom is -0.397 e. The lowest BCUT2D eigenvalue weighted by Crippen LogP contribution is -2.26. The first-order valence-electron chi connectivity index (χ1n) is 6.38. The zero-order valence-corrected chi connectivity index (χ0v) is 12.2. The van der Waals surface area contributed by atoms with Gasteiger partial charge >= 0.3 is 0 Å². The Hall–Kier alpha value is -2.28. The number of carbonyl (C=O) groups excluding carboxylic acids is 1. The highest BCUT2D eigenvalue weighted by Crippen LogP contribution is 2.22. The van der Waals surface area contributed by atoms with E-state index in [0.29, 0.717) is 35.8 Å². The molecule has 0 atom stereocenters. The van der Waals surface area contributed by atoms with Crippen LogP contribution in [-0.4, -0.2) is 30.4 Å². The third kappa shape index (κ3) is 6.13. The van der Waals surface area contributed by atoms with Crippen LogP contribution in [0, 0.1) is 22.7 Å². The predicted molar refractivity (Wildman–Crippen MR) is 81.4 cm³/mol. The molecule has 0 saturated carbocycles. The number of rotatable bonds is 7. The largest absolute Gasteiger partial charge is 0.397 e. The molecule has 0 aromatic heterocycles. The summed E-state index contributed by atoms with van der Waals surface area (Å²) in [6.07, 6.45) is 0.869. The molecule has 1 aromatic carbocycles. The number of nitrogens with zero attached hydrogens (tertiary/aromatic N) is 3. The highest BCUT2D eigenvalue weighted by Gasteiger charge is 2.07. The van der Waals surface area contributed by atoms with E-state index in [0.717, 1.165) is 0 Å². The molecule has 1 aromatic rings. The quantitative estimate of drug-likeness (QED) is 0.592. The summed E-state index contributed by atoms with van der Waals surface area (Å²) in [5, 5.41) is 20.4. The van der Waals surface area contributed by atoms with E-state index in [1.165, 1.54) is 0 Å². The van der Waals surface area contributed by atoms with Gasteiger partial charge in [0.2, 0.25) is 5.91 Å². The van der Waals surface area contributed by atoms with Gasteiger partial charge in [0.25, 0.3) is 0 Å². The molecular formula is C14H16ClN5O. The van der Waals surface area contributed by atoms with E-state index in [4.69, 9.17) is 27.9 Å². The van der Waals surface area contributed by atoms with Gasteiger partial charge in [-0.2, -0.15) is 10.5 Å². The average Bonchev–Trinajstić information content (AvgIpc) is 2.43. The molecule has 0 aliphatic carbocycles. The second-order valence-corrected chi connectivity index (χ2v) is 4.82. The molecule has 0 aliphatic heterocycles. The fourth-order valence-electron chi connectivity index (χ4n) is 1.72. The van der Waals surface area contributed by atoms with Gasteiger partial charge < -0.3 is 11.1 Å². The van der Waals surface area contributed by atoms with Gasteiger partial charge in [-0.05, 0) is 24.6 Å². The van der Waals surface area contributed by atoms with Crippen LogP contribution in [0.4, 0.5) is 11.4 Å². The number of amides is 1. The van der Waals surface area contributed by atoms with Crippen molar-refractivity contribution < 1.29 is 4.79 Å². The van der Waals surface area contributed by atoms with E-state index in [9.17, 15) is 4.79 Å². The smallest absolute Gasteiger partial charge is 0.224 e. The second-order valence-electron chi connectivity index (χ2n) is 4.41. The SMILES string of the molecule is N#CCN(CC#N)CCCC(=O)Nc1ccc(Cl)c(N)c1. The zero-order valence-electron chi connectivity index (χ0n) is 11.5. The van der Waals surface area contributed by atoms with E-state index < -0.39 is 0 Å². The first-order chi connectivity index (χ1) is 10.1. The van der Waals surface area contributed by atoms with E-state index >= 15 is 0 Å². The van der Waals surface area contributed by atoms with E-state index in [2.05, 4.69) is 5.32 Å². The second kappa shape index (κ2) is 8.80. The van der Waals surface area contributed by atoms with Crippen LogP contribution in [0.5, 0.6) is 0 Å². The molecule has 3 N–H and O–H groups in total. The molecule has 110 valence electrons. The van der Waals surface area contributed by atoms with Crippen molar-refractivity contribution in [2.24, 2.45) is 0 Å². The topological polar surface area (TPSA) is 106 Å². The third-order valence-electron chi connectivity index (χ3n) is 2.75. The minimum absolute atomic E-state index is 0.148. The summed E-state index contributed by atoms with van der Waals surface area (Å²) in [6, 6.07) is 8.87. The Morgan fingerprint density at radius 1 is 1.33 bits per heavy atom. The van der Waals surface area contributed by atoms with E-state index in [1.54, 1.807) is 23.1 Å². The maximum absolute atomic E-state index is 11.8. The Bertz CT molecular complexity index is 560. The van der Waals surface area contributed by atoms with Crippen LogP contribution in [0.3, 0.4) is 0 Å². The number of nitrogens with two attached hydrogens (primary N) is 1. The number of hydrogen-bond donors (Lipinski definition) is 2. The van der Waals surface area contributed by atoms with Crippen LogP contribution >= 0.6 is 11.6 Å². The highest BCUT2D eigenvalue weighted by molar-refractivity contribution is 6.33. The first-order valence-corrected chi connectivity index (χ1v) is 6.75. The molecule has 1 amide bonds. The maximum atomic E-state index is 11.8. The Kier molecular flexibility index (Phi) is 7.03. The number of benzene rings is 1. The molecule has 0 radical (unpaired) electrons. The van der Waals surface area contributed by atoms with Crippen molar-refractivity contribution in [3.8, 4) is 12.1 Å². The van der Waals surface area contributed by atoms with Crippen LogP contribution in [-0.2, 0) is 4.79 Å². The van der Waals surface area contributed by atoms with Gasteiger partial charge in [-0.1, -0.05) is 11.6 Å². The van der Waals surface area contributed by atoms with Crippen LogP contribution in [0.1, 0.15) is 12.8 Å². The van der Waals surface area contributed by atoms with E-state index in [1.807, 2.05) is 12.1 Å². The van der Waals surface area contributed by atoms with Crippen molar-refractivity contribution >= 4 is 28.9 Å². The van der Waals surface area contributed by atoms with Gasteiger partial charge in [0.15, 0.2) is 0 Å². The number of hydrogen-bond acceptors (Lipinski definition) is 5. The molecule has 6 nitrogen and oxygen atoms in total. The Labute approximate surface area is 128 Å². The van der Waals surface area contributed by atoms with Crippen LogP contribution < -0.4 is 11.1 Å². The molecule has 0 unspecified atom stereocenters. The Morgan fingerprint density at radius 2 is 2.00 bits per heavy atom. The fourth-order valence-corrected chi connectivity index (χ4v) is 1.84. The van der Waals surface area contributed by atoms with Crippen molar-refractivity contribution in [1.82, 2.24) is 4.90 Å². The Morgan fingerprint density at radius 3 is 2.57 bits per heavy atom. The van der Waals surface area contributed by atoms with Gasteiger partial charge in [0.05, 0.1) is 35.9 Å². The van der Waals surface area contributed by atoms with Crippen molar-refractivity contribution in [1.29, 1.82) is 10.5 Å². The minimum atomic E-state index is -0.148. The molecule has 0 spiro atoms. The number of nitrogen functional groups attached to an aromatic ring is 1. The molecular weight excluding hydrogens is 290 g/mol. The molecule has 0 aliphatic rings. The summed E-state index contributed by atoms with van der Waals surface area (Å²) < 4.78 is 0. The highest BCUT2D eigenvalue weighted by atomic mass is 35.5. The van der Waals surface area contributed by atoms with Gasteiger partial charge in [0.1, 0.15) is 0 Å². The predicted octanol–water partition coefficient (Wildman–Crippen LogP) is 1.99. The number of nitrogens with one attached hydrogen (secondary N) is 1. The lowest BCUT2D eigenvalue weighted by atomic mass is 10.2. The molecule has 7 heteroatoms. The van der Waals surface area contributed by atoms with Crippen molar-refractivity contribution in [2.45, 2.75) is 12.8 Å². The molecule has 0 saturated heterocycles. The molecule has 0 heterocycles. The Balaban J connectivity index is 2.38. The normalized spacial score (nSPS) is 9.90. The summed E-state index contributed by atoms with van der Waals surface area (Å²) in [4.78, 5) is 13.5. The molecule has 0 fully saturated rings. The van der Waals surface area contributed by atoms with Gasteiger partial charge in [-0.25, -0.2) is 0 Å². The summed E-state index contributed by atoms with van der Waals surface area (Å²) in [6.45, 7) is 0.892. The number of carbonyl (C=O) groups is 1. The van der Waals surface area contributed by atoms with Gasteiger partial charge in [-0.15, -0.1) is 0 Å². The summed E-state index contributed by atoms with van der Waals surface area (Å²) in [5.41, 5.74) is 6.65. The van der Waals surface area contributed by atoms with Crippen LogP contribution in [0.15, 0.2) is 18.2 Å². The van der Waals surface area contributed by atoms with E-state index in [-0.39, 0.29) is 19.0 Å². The fraction of sp³-hybridized carbons (Fsp3) is 0.357. The summed E-state index contributed by atoms with van der Waals surface area (Å²) >= 11 is 5.80. The number of nitriles is 2. The average molecular weight is 306 g/mol. The zero-order chi connectivity index (χ0) is 15.7. The third-order valence-corrected chi connectivity index (χ3v) is 3.09. The van der Waals surface area contributed by atoms with Crippen LogP contribution in [0.25, 0.3) is 0 Å². The maximum Gasteiger partial charge on any atom is 0.224 e. The lowest BCUT2D eigenvalue weighted by molar-refractivity contribution is -0.116. The standard InChI is InChI=1S/C14H16ClN5O/c15-12-4-3-11(10-13(12)18)19-14(21)2-1-7-20(8-5-16)9-6-17/h3-4,10H,1-2,7-9,18H2,(H,19,21). The van der Waals surface area contributed by atoms with Crippen molar-refractivity contribution in [3.63, 3.8) is 0 Å². The number of halogens is 1. The van der Waals surface area contributed by atoms with Crippen molar-refractivity contribution in [2.75, 3.05) is 30.7 Å². The van der Waals surface area contributed by atoms with Crippen LogP contribution in [0.2, 0.25) is 5.02 Å². The summed E-state index contributed by atoms with van der Waals surface area (Å²) in [5.74, 6) is -0.148. The number of anilines is 2. The monoisotopic (exact) mass is 305 g/mol. The van der Waals surface area contributed by atoms with Gasteiger partial charge in [0, 0.05) is 18.7 Å². The molecule has 0 bridgehead atoms. The molecule has 1 rings (SSSR count). The van der Waals surface area contributed by atoms with Gasteiger partial charge in [-0.3, -0.25) is 9.69 Å². The first kappa shape index (κ1) is 16.8. The summed E-state index contributed by atoms with van der Waals surface area (Å²) in [7, 11) is 0. The van der Waals surface area contributed by atoms with Crippen molar-refractivity contribution in [3.05, 3.63) is 23.2 Å². The molecule has 21 heavy (non-hydrogen) atoms.